The van der Waals surface area contributed by atoms with Crippen molar-refractivity contribution in [3.63, 3.8) is 0 Å². The smallest absolute Gasteiger partial charge is 0.252 e. The standard InChI is InChI=1S/C13H18N2OS.ClH/c14-11-6-10(11)12-5-8(7-17-12)13(16)15-9-3-1-2-4-9;/h5,7,9-11H,1-4,6,14H2,(H,15,16);1H. The van der Waals surface area contributed by atoms with Gasteiger partial charge in [0, 0.05) is 28.3 Å². The molecule has 0 saturated heterocycles. The molecule has 3 rings (SSSR count). The number of hydrogen-bond donors (Lipinski definition) is 2. The predicted molar refractivity (Wildman–Crippen MR) is 76.6 cm³/mol. The zero-order chi connectivity index (χ0) is 11.8. The van der Waals surface area contributed by atoms with E-state index in [4.69, 9.17) is 5.73 Å². The molecule has 2 aliphatic carbocycles. The van der Waals surface area contributed by atoms with Gasteiger partial charge < -0.3 is 11.1 Å². The molecule has 0 aromatic carbocycles. The van der Waals surface area contributed by atoms with Gasteiger partial charge in [-0.15, -0.1) is 23.7 Å². The zero-order valence-corrected chi connectivity index (χ0v) is 11.9. The van der Waals surface area contributed by atoms with Crippen LogP contribution in [0.2, 0.25) is 0 Å². The number of thiophene rings is 1. The van der Waals surface area contributed by atoms with E-state index in [-0.39, 0.29) is 18.3 Å². The Kier molecular flexibility index (Phi) is 4.30. The van der Waals surface area contributed by atoms with Gasteiger partial charge in [-0.1, -0.05) is 12.8 Å². The van der Waals surface area contributed by atoms with E-state index in [1.165, 1.54) is 17.7 Å². The molecule has 3 N–H and O–H groups in total. The van der Waals surface area contributed by atoms with Crippen LogP contribution >= 0.6 is 23.7 Å². The van der Waals surface area contributed by atoms with Gasteiger partial charge in [0.25, 0.3) is 5.91 Å². The third kappa shape index (κ3) is 2.87. The lowest BCUT2D eigenvalue weighted by Crippen LogP contribution is -2.32. The highest BCUT2D eigenvalue weighted by molar-refractivity contribution is 7.10. The molecule has 1 aromatic heterocycles. The Hall–Kier alpha value is -0.580. The lowest BCUT2D eigenvalue weighted by Gasteiger charge is -2.10. The molecule has 2 fully saturated rings. The van der Waals surface area contributed by atoms with Gasteiger partial charge >= 0.3 is 0 Å². The van der Waals surface area contributed by atoms with Crippen LogP contribution in [0.1, 0.15) is 53.3 Å². The van der Waals surface area contributed by atoms with Crippen molar-refractivity contribution in [3.05, 3.63) is 21.9 Å². The topological polar surface area (TPSA) is 55.1 Å². The summed E-state index contributed by atoms with van der Waals surface area (Å²) in [4.78, 5) is 13.3. The average molecular weight is 287 g/mol. The molecule has 5 heteroatoms. The highest BCUT2D eigenvalue weighted by atomic mass is 35.5. The fraction of sp³-hybridized carbons (Fsp3) is 0.615. The minimum Gasteiger partial charge on any atom is -0.349 e. The molecule has 0 bridgehead atoms. The Morgan fingerprint density at radius 2 is 2.06 bits per heavy atom. The molecule has 18 heavy (non-hydrogen) atoms. The fourth-order valence-electron chi connectivity index (χ4n) is 2.55. The molecule has 2 unspecified atom stereocenters. The highest BCUT2D eigenvalue weighted by Crippen LogP contribution is 2.41. The summed E-state index contributed by atoms with van der Waals surface area (Å²) in [6.07, 6.45) is 5.84. The van der Waals surface area contributed by atoms with Crippen LogP contribution in [0.5, 0.6) is 0 Å². The monoisotopic (exact) mass is 286 g/mol. The first-order valence-corrected chi connectivity index (χ1v) is 7.27. The van der Waals surface area contributed by atoms with Crippen molar-refractivity contribution >= 4 is 29.7 Å². The van der Waals surface area contributed by atoms with E-state index in [1.54, 1.807) is 11.3 Å². The second kappa shape index (κ2) is 5.59. The first-order chi connectivity index (χ1) is 8.24. The number of halogens is 1. The van der Waals surface area contributed by atoms with Gasteiger partial charge in [0.1, 0.15) is 0 Å². The van der Waals surface area contributed by atoms with E-state index in [2.05, 4.69) is 5.32 Å². The summed E-state index contributed by atoms with van der Waals surface area (Å²) in [5, 5.41) is 5.08. The van der Waals surface area contributed by atoms with Gasteiger partial charge in [-0.3, -0.25) is 4.79 Å². The van der Waals surface area contributed by atoms with Crippen LogP contribution < -0.4 is 11.1 Å². The molecule has 3 nitrogen and oxygen atoms in total. The Bertz CT molecular complexity index is 428. The third-order valence-corrected chi connectivity index (χ3v) is 4.84. The summed E-state index contributed by atoms with van der Waals surface area (Å²) in [7, 11) is 0. The Morgan fingerprint density at radius 1 is 1.39 bits per heavy atom. The van der Waals surface area contributed by atoms with Crippen LogP contribution in [0.25, 0.3) is 0 Å². The van der Waals surface area contributed by atoms with Crippen LogP contribution in [0.4, 0.5) is 0 Å². The molecule has 100 valence electrons. The van der Waals surface area contributed by atoms with E-state index in [1.807, 2.05) is 11.4 Å². The average Bonchev–Trinajstić information content (AvgIpc) is 2.79. The Morgan fingerprint density at radius 3 is 2.67 bits per heavy atom. The van der Waals surface area contributed by atoms with Crippen molar-refractivity contribution in [1.29, 1.82) is 0 Å². The summed E-state index contributed by atoms with van der Waals surface area (Å²) >= 11 is 1.67. The SMILES string of the molecule is Cl.NC1CC1c1cc(C(=O)NC2CCCC2)cs1. The summed E-state index contributed by atoms with van der Waals surface area (Å²) in [6.45, 7) is 0. The highest BCUT2D eigenvalue weighted by Gasteiger charge is 2.36. The van der Waals surface area contributed by atoms with Gasteiger partial charge in [-0.25, -0.2) is 0 Å². The summed E-state index contributed by atoms with van der Waals surface area (Å²) in [5.41, 5.74) is 6.64. The molecular weight excluding hydrogens is 268 g/mol. The van der Waals surface area contributed by atoms with Crippen LogP contribution in [-0.4, -0.2) is 18.0 Å². The Balaban J connectivity index is 0.00000120. The molecule has 2 saturated carbocycles. The van der Waals surface area contributed by atoms with Crippen molar-refractivity contribution in [3.8, 4) is 0 Å². The van der Waals surface area contributed by atoms with Crippen molar-refractivity contribution in [2.45, 2.75) is 50.1 Å². The quantitative estimate of drug-likeness (QED) is 0.897. The van der Waals surface area contributed by atoms with Crippen LogP contribution in [0.3, 0.4) is 0 Å². The number of rotatable bonds is 3. The number of nitrogens with one attached hydrogen (secondary N) is 1. The van der Waals surface area contributed by atoms with Crippen LogP contribution in [-0.2, 0) is 0 Å². The summed E-state index contributed by atoms with van der Waals surface area (Å²) < 4.78 is 0. The maximum absolute atomic E-state index is 12.0. The summed E-state index contributed by atoms with van der Waals surface area (Å²) in [6, 6.07) is 2.74. The first-order valence-electron chi connectivity index (χ1n) is 6.39. The van der Waals surface area contributed by atoms with Gasteiger partial charge in [0.15, 0.2) is 0 Å². The molecule has 0 aliphatic heterocycles. The van der Waals surface area contributed by atoms with E-state index >= 15 is 0 Å². The van der Waals surface area contributed by atoms with Crippen LogP contribution in [0.15, 0.2) is 11.4 Å². The van der Waals surface area contributed by atoms with Gasteiger partial charge in [0.05, 0.1) is 5.56 Å². The van der Waals surface area contributed by atoms with Crippen molar-refractivity contribution in [2.24, 2.45) is 5.73 Å². The van der Waals surface area contributed by atoms with E-state index in [9.17, 15) is 4.79 Å². The van der Waals surface area contributed by atoms with E-state index in [0.29, 0.717) is 18.0 Å². The zero-order valence-electron chi connectivity index (χ0n) is 10.2. The maximum Gasteiger partial charge on any atom is 0.252 e. The molecular formula is C13H19ClN2OS. The number of nitrogens with two attached hydrogens (primary N) is 1. The molecule has 1 amide bonds. The van der Waals surface area contributed by atoms with Crippen molar-refractivity contribution in [2.75, 3.05) is 0 Å². The molecule has 1 aromatic rings. The van der Waals surface area contributed by atoms with Gasteiger partial charge in [-0.2, -0.15) is 0 Å². The van der Waals surface area contributed by atoms with Gasteiger partial charge in [0.2, 0.25) is 0 Å². The maximum atomic E-state index is 12.0. The Labute approximate surface area is 118 Å². The number of amides is 1. The van der Waals surface area contributed by atoms with Crippen molar-refractivity contribution < 1.29 is 4.79 Å². The molecule has 0 radical (unpaired) electrons. The minimum atomic E-state index is 0. The predicted octanol–water partition coefficient (Wildman–Crippen LogP) is 2.66. The second-order valence-electron chi connectivity index (χ2n) is 5.20. The van der Waals surface area contributed by atoms with Crippen molar-refractivity contribution in [1.82, 2.24) is 5.32 Å². The third-order valence-electron chi connectivity index (χ3n) is 3.78. The molecule has 0 spiro atoms. The molecule has 2 atom stereocenters. The minimum absolute atomic E-state index is 0. The molecule has 2 aliphatic rings. The van der Waals surface area contributed by atoms with E-state index in [0.717, 1.165) is 24.8 Å². The number of hydrogen-bond acceptors (Lipinski definition) is 3. The largest absolute Gasteiger partial charge is 0.349 e. The van der Waals surface area contributed by atoms with E-state index < -0.39 is 0 Å². The number of carbonyl (C=O) groups excluding carboxylic acids is 1. The van der Waals surface area contributed by atoms with Crippen LogP contribution in [0, 0.1) is 0 Å². The normalized spacial score (nSPS) is 26.7. The fourth-order valence-corrected chi connectivity index (χ4v) is 3.63. The lowest BCUT2D eigenvalue weighted by atomic mass is 10.2. The molecule has 1 heterocycles. The first kappa shape index (κ1) is 13.8. The second-order valence-corrected chi connectivity index (χ2v) is 6.14. The van der Waals surface area contributed by atoms with Gasteiger partial charge in [-0.05, 0) is 25.3 Å². The lowest BCUT2D eigenvalue weighted by molar-refractivity contribution is 0.0938. The number of carbonyl (C=O) groups is 1. The summed E-state index contributed by atoms with van der Waals surface area (Å²) in [5.74, 6) is 0.599.